The van der Waals surface area contributed by atoms with Gasteiger partial charge < -0.3 is 10.2 Å². The highest BCUT2D eigenvalue weighted by Crippen LogP contribution is 2.30. The van der Waals surface area contributed by atoms with Crippen LogP contribution in [0.5, 0.6) is 0 Å². The number of benzene rings is 1. The van der Waals surface area contributed by atoms with Gasteiger partial charge in [0.1, 0.15) is 0 Å². The molecule has 2 rings (SSSR count). The summed E-state index contributed by atoms with van der Waals surface area (Å²) in [5, 5.41) is 3.57. The Hall–Kier alpha value is -1.02. The number of hydrogen-bond donors (Lipinski definition) is 1. The Morgan fingerprint density at radius 1 is 1.32 bits per heavy atom. The number of nitrogens with one attached hydrogen (secondary N) is 1. The summed E-state index contributed by atoms with van der Waals surface area (Å²) in [5.41, 5.74) is 4.44. The minimum Gasteiger partial charge on any atom is -0.371 e. The van der Waals surface area contributed by atoms with E-state index in [-0.39, 0.29) is 0 Å². The van der Waals surface area contributed by atoms with E-state index in [9.17, 15) is 0 Å². The fourth-order valence-corrected chi connectivity index (χ4v) is 3.14. The minimum absolute atomic E-state index is 0.816. The van der Waals surface area contributed by atoms with E-state index in [4.69, 9.17) is 0 Å². The third kappa shape index (κ3) is 3.50. The predicted octanol–water partition coefficient (Wildman–Crippen LogP) is 3.38. The number of anilines is 1. The Bertz CT molecular complexity index is 400. The summed E-state index contributed by atoms with van der Waals surface area (Å²) in [6.45, 7) is 11.5. The molecule has 0 radical (unpaired) electrons. The molecule has 0 spiro atoms. The van der Waals surface area contributed by atoms with Gasteiger partial charge in [0.05, 0.1) is 0 Å². The van der Waals surface area contributed by atoms with E-state index in [2.05, 4.69) is 49.2 Å². The Kier molecular flexibility index (Phi) is 5.26. The van der Waals surface area contributed by atoms with Crippen molar-refractivity contribution in [3.8, 4) is 0 Å². The molecule has 1 aromatic rings. The topological polar surface area (TPSA) is 15.3 Å². The Balaban J connectivity index is 2.00. The van der Waals surface area contributed by atoms with Crippen LogP contribution in [0.1, 0.15) is 37.8 Å². The van der Waals surface area contributed by atoms with Crippen LogP contribution in [0, 0.1) is 12.8 Å². The lowest BCUT2D eigenvalue weighted by molar-refractivity contribution is 0.516. The van der Waals surface area contributed by atoms with Gasteiger partial charge in [-0.3, -0.25) is 0 Å². The molecule has 106 valence electrons. The van der Waals surface area contributed by atoms with E-state index >= 15 is 0 Å². The van der Waals surface area contributed by atoms with Crippen molar-refractivity contribution in [1.29, 1.82) is 0 Å². The molecule has 2 nitrogen and oxygen atoms in total. The lowest BCUT2D eigenvalue weighted by Crippen LogP contribution is -2.27. The first-order valence-electron chi connectivity index (χ1n) is 7.80. The normalized spacial score (nSPS) is 19.1. The summed E-state index contributed by atoms with van der Waals surface area (Å²) in [7, 11) is 0. The van der Waals surface area contributed by atoms with E-state index < -0.39 is 0 Å². The van der Waals surface area contributed by atoms with Crippen LogP contribution in [0.2, 0.25) is 0 Å². The Labute approximate surface area is 118 Å². The Morgan fingerprint density at radius 3 is 2.89 bits per heavy atom. The van der Waals surface area contributed by atoms with Crippen LogP contribution in [0.3, 0.4) is 0 Å². The molecule has 1 saturated heterocycles. The molecule has 1 atom stereocenters. The first kappa shape index (κ1) is 14.4. The van der Waals surface area contributed by atoms with E-state index in [0.717, 1.165) is 18.9 Å². The standard InChI is InChI=1S/C17H28N2/c1-4-10-18-12-15-9-11-19(13-15)17-14(3)7-6-8-16(17)5-2/h6-8,15,18H,4-5,9-13H2,1-3H3. The molecular formula is C17H28N2. The molecule has 1 N–H and O–H groups in total. The van der Waals surface area contributed by atoms with Crippen LogP contribution in [-0.2, 0) is 6.42 Å². The Morgan fingerprint density at radius 2 is 2.16 bits per heavy atom. The quantitative estimate of drug-likeness (QED) is 0.789. The van der Waals surface area contributed by atoms with Crippen LogP contribution in [0.15, 0.2) is 18.2 Å². The van der Waals surface area contributed by atoms with Crippen LogP contribution in [0.4, 0.5) is 5.69 Å². The third-order valence-corrected chi connectivity index (χ3v) is 4.16. The van der Waals surface area contributed by atoms with Crippen LogP contribution < -0.4 is 10.2 Å². The maximum atomic E-state index is 3.57. The number of rotatable bonds is 6. The second-order valence-electron chi connectivity index (χ2n) is 5.74. The summed E-state index contributed by atoms with van der Waals surface area (Å²) in [6, 6.07) is 6.72. The largest absolute Gasteiger partial charge is 0.371 e. The van der Waals surface area contributed by atoms with Crippen LogP contribution in [-0.4, -0.2) is 26.2 Å². The fraction of sp³-hybridized carbons (Fsp3) is 0.647. The molecule has 0 bridgehead atoms. The van der Waals surface area contributed by atoms with Crippen molar-refractivity contribution in [2.45, 2.75) is 40.0 Å². The fourth-order valence-electron chi connectivity index (χ4n) is 3.14. The molecule has 0 aliphatic carbocycles. The zero-order valence-corrected chi connectivity index (χ0v) is 12.7. The average molecular weight is 260 g/mol. The summed E-state index contributed by atoms with van der Waals surface area (Å²) in [5.74, 6) is 0.816. The highest BCUT2D eigenvalue weighted by Gasteiger charge is 2.24. The van der Waals surface area contributed by atoms with Crippen molar-refractivity contribution >= 4 is 5.69 Å². The van der Waals surface area contributed by atoms with Gasteiger partial charge >= 0.3 is 0 Å². The van der Waals surface area contributed by atoms with E-state index in [0.29, 0.717) is 0 Å². The maximum Gasteiger partial charge on any atom is 0.0428 e. The summed E-state index contributed by atoms with van der Waals surface area (Å²) >= 11 is 0. The van der Waals surface area contributed by atoms with Crippen LogP contribution >= 0.6 is 0 Å². The molecule has 1 aliphatic heterocycles. The van der Waals surface area contributed by atoms with Crippen molar-refractivity contribution in [3.05, 3.63) is 29.3 Å². The van der Waals surface area contributed by atoms with Crippen molar-refractivity contribution < 1.29 is 0 Å². The summed E-state index contributed by atoms with van der Waals surface area (Å²) < 4.78 is 0. The maximum absolute atomic E-state index is 3.57. The monoisotopic (exact) mass is 260 g/mol. The molecule has 1 unspecified atom stereocenters. The van der Waals surface area contributed by atoms with Crippen molar-refractivity contribution in [2.75, 3.05) is 31.1 Å². The highest BCUT2D eigenvalue weighted by molar-refractivity contribution is 5.60. The van der Waals surface area contributed by atoms with Gasteiger partial charge in [0.25, 0.3) is 0 Å². The number of para-hydroxylation sites is 1. The lowest BCUT2D eigenvalue weighted by atomic mass is 10.0. The zero-order valence-electron chi connectivity index (χ0n) is 12.7. The number of nitrogens with zero attached hydrogens (tertiary/aromatic N) is 1. The highest BCUT2D eigenvalue weighted by atomic mass is 15.2. The molecule has 1 aliphatic rings. The summed E-state index contributed by atoms with van der Waals surface area (Å²) in [6.07, 6.45) is 3.69. The van der Waals surface area contributed by atoms with E-state index in [1.54, 1.807) is 0 Å². The van der Waals surface area contributed by atoms with E-state index in [1.165, 1.54) is 49.3 Å². The average Bonchev–Trinajstić information content (AvgIpc) is 2.87. The summed E-state index contributed by atoms with van der Waals surface area (Å²) in [4.78, 5) is 2.60. The van der Waals surface area contributed by atoms with E-state index in [1.807, 2.05) is 0 Å². The first-order valence-corrected chi connectivity index (χ1v) is 7.80. The lowest BCUT2D eigenvalue weighted by Gasteiger charge is -2.24. The van der Waals surface area contributed by atoms with Gasteiger partial charge in [-0.1, -0.05) is 32.0 Å². The number of hydrogen-bond acceptors (Lipinski definition) is 2. The number of aryl methyl sites for hydroxylation is 2. The van der Waals surface area contributed by atoms with Crippen LogP contribution in [0.25, 0.3) is 0 Å². The smallest absolute Gasteiger partial charge is 0.0428 e. The molecule has 0 amide bonds. The SMILES string of the molecule is CCCNCC1CCN(c2c(C)cccc2CC)C1. The van der Waals surface area contributed by atoms with Gasteiger partial charge in [-0.05, 0) is 56.3 Å². The van der Waals surface area contributed by atoms with Gasteiger partial charge in [0, 0.05) is 18.8 Å². The van der Waals surface area contributed by atoms with Crippen molar-refractivity contribution in [3.63, 3.8) is 0 Å². The predicted molar refractivity (Wildman–Crippen MR) is 84.0 cm³/mol. The third-order valence-electron chi connectivity index (χ3n) is 4.16. The van der Waals surface area contributed by atoms with Crippen molar-refractivity contribution in [2.24, 2.45) is 5.92 Å². The van der Waals surface area contributed by atoms with Gasteiger partial charge in [-0.25, -0.2) is 0 Å². The molecule has 1 fully saturated rings. The molecule has 2 heteroatoms. The van der Waals surface area contributed by atoms with Gasteiger partial charge in [0.15, 0.2) is 0 Å². The van der Waals surface area contributed by atoms with Gasteiger partial charge in [-0.2, -0.15) is 0 Å². The second kappa shape index (κ2) is 6.95. The molecule has 19 heavy (non-hydrogen) atoms. The van der Waals surface area contributed by atoms with Crippen molar-refractivity contribution in [1.82, 2.24) is 5.32 Å². The molecular weight excluding hydrogens is 232 g/mol. The second-order valence-corrected chi connectivity index (χ2v) is 5.74. The molecule has 0 saturated carbocycles. The van der Waals surface area contributed by atoms with Gasteiger partial charge in [-0.15, -0.1) is 0 Å². The molecule has 0 aromatic heterocycles. The molecule has 1 heterocycles. The molecule has 1 aromatic carbocycles. The first-order chi connectivity index (χ1) is 9.26. The zero-order chi connectivity index (χ0) is 13.7. The minimum atomic E-state index is 0.816. The van der Waals surface area contributed by atoms with Gasteiger partial charge in [0.2, 0.25) is 0 Å².